The third kappa shape index (κ3) is 2.68. The van der Waals surface area contributed by atoms with Gasteiger partial charge in [0.05, 0.1) is 10.1 Å². The fourth-order valence-electron chi connectivity index (χ4n) is 2.81. The molecular weight excluding hydrogens is 298 g/mol. The number of rotatable bonds is 2. The Morgan fingerprint density at radius 2 is 1.95 bits per heavy atom. The maximum atomic E-state index is 12.9. The average Bonchev–Trinajstić information content (AvgIpc) is 2.72. The van der Waals surface area contributed by atoms with Crippen LogP contribution in [0.2, 0.25) is 0 Å². The van der Waals surface area contributed by atoms with Crippen LogP contribution in [0.1, 0.15) is 17.5 Å². The summed E-state index contributed by atoms with van der Waals surface area (Å²) in [7, 11) is -3.47. The van der Waals surface area contributed by atoms with Gasteiger partial charge in [-0.2, -0.15) is 0 Å². The van der Waals surface area contributed by atoms with Gasteiger partial charge in [0.15, 0.2) is 9.84 Å². The standard InChI is InChI=1S/C17H19NO3S/c1-12-6-7-14(11-17(12)19)22(20,21)15-8-9-18-16-5-3-2-4-13(16)10-15/h2-7,11,15,18-19H,8-10H2,1H3. The lowest BCUT2D eigenvalue weighted by Gasteiger charge is -2.16. The largest absolute Gasteiger partial charge is 0.508 e. The Morgan fingerprint density at radius 1 is 1.18 bits per heavy atom. The van der Waals surface area contributed by atoms with Gasteiger partial charge in [-0.05, 0) is 49.1 Å². The van der Waals surface area contributed by atoms with Crippen LogP contribution in [0.25, 0.3) is 0 Å². The van der Waals surface area contributed by atoms with Crippen molar-refractivity contribution < 1.29 is 13.5 Å². The third-order valence-corrected chi connectivity index (χ3v) is 6.39. The van der Waals surface area contributed by atoms with Crippen molar-refractivity contribution in [3.8, 4) is 5.75 Å². The molecule has 1 aliphatic rings. The molecule has 1 heterocycles. The van der Waals surface area contributed by atoms with Gasteiger partial charge in [-0.1, -0.05) is 24.3 Å². The Kier molecular flexibility index (Phi) is 3.83. The van der Waals surface area contributed by atoms with Crippen molar-refractivity contribution in [3.05, 3.63) is 53.6 Å². The highest BCUT2D eigenvalue weighted by atomic mass is 32.2. The van der Waals surface area contributed by atoms with E-state index in [-0.39, 0.29) is 10.6 Å². The zero-order valence-electron chi connectivity index (χ0n) is 12.4. The molecule has 2 N–H and O–H groups in total. The molecule has 0 aromatic heterocycles. The van der Waals surface area contributed by atoms with Crippen LogP contribution in [0.4, 0.5) is 5.69 Å². The smallest absolute Gasteiger partial charge is 0.181 e. The number of nitrogens with one attached hydrogen (secondary N) is 1. The highest BCUT2D eigenvalue weighted by molar-refractivity contribution is 7.92. The van der Waals surface area contributed by atoms with E-state index in [1.54, 1.807) is 19.1 Å². The Morgan fingerprint density at radius 3 is 2.73 bits per heavy atom. The van der Waals surface area contributed by atoms with Crippen molar-refractivity contribution in [2.45, 2.75) is 29.9 Å². The number of sulfone groups is 1. The minimum absolute atomic E-state index is 0.0215. The van der Waals surface area contributed by atoms with Crippen LogP contribution in [0.3, 0.4) is 0 Å². The molecule has 2 aromatic rings. The minimum Gasteiger partial charge on any atom is -0.508 e. The van der Waals surface area contributed by atoms with Crippen LogP contribution in [0, 0.1) is 6.92 Å². The van der Waals surface area contributed by atoms with Gasteiger partial charge >= 0.3 is 0 Å². The summed E-state index contributed by atoms with van der Waals surface area (Å²) in [6.07, 6.45) is 1.03. The van der Waals surface area contributed by atoms with Gasteiger partial charge in [0, 0.05) is 12.2 Å². The lowest BCUT2D eigenvalue weighted by atomic mass is 10.1. The Hall–Kier alpha value is -2.01. The average molecular weight is 317 g/mol. The van der Waals surface area contributed by atoms with E-state index >= 15 is 0 Å². The third-order valence-electron chi connectivity index (χ3n) is 4.19. The SMILES string of the molecule is Cc1ccc(S(=O)(=O)C2CCNc3ccccc3C2)cc1O. The number of fused-ring (bicyclic) bond motifs is 1. The molecule has 1 atom stereocenters. The number of aryl methyl sites for hydroxylation is 1. The topological polar surface area (TPSA) is 66.4 Å². The summed E-state index contributed by atoms with van der Waals surface area (Å²) < 4.78 is 25.7. The van der Waals surface area contributed by atoms with Gasteiger partial charge in [0.25, 0.3) is 0 Å². The number of anilines is 1. The predicted molar refractivity (Wildman–Crippen MR) is 87.1 cm³/mol. The first-order valence-corrected chi connectivity index (χ1v) is 8.88. The van der Waals surface area contributed by atoms with E-state index in [9.17, 15) is 13.5 Å². The Labute approximate surface area is 130 Å². The fourth-order valence-corrected chi connectivity index (χ4v) is 4.56. The van der Waals surface area contributed by atoms with E-state index in [1.807, 2.05) is 24.3 Å². The highest BCUT2D eigenvalue weighted by Crippen LogP contribution is 2.30. The summed E-state index contributed by atoms with van der Waals surface area (Å²) in [4.78, 5) is 0.194. The molecular formula is C17H19NO3S. The Bertz CT molecular complexity index is 799. The number of benzene rings is 2. The van der Waals surface area contributed by atoms with Crippen LogP contribution in [-0.4, -0.2) is 25.3 Å². The second-order valence-electron chi connectivity index (χ2n) is 5.69. The van der Waals surface area contributed by atoms with Crippen molar-refractivity contribution in [1.82, 2.24) is 0 Å². The molecule has 3 rings (SSSR count). The molecule has 116 valence electrons. The number of phenols is 1. The van der Waals surface area contributed by atoms with Crippen molar-refractivity contribution in [1.29, 1.82) is 0 Å². The second-order valence-corrected chi connectivity index (χ2v) is 7.92. The number of para-hydroxylation sites is 1. The maximum absolute atomic E-state index is 12.9. The fraction of sp³-hybridized carbons (Fsp3) is 0.294. The van der Waals surface area contributed by atoms with Crippen molar-refractivity contribution in [2.75, 3.05) is 11.9 Å². The van der Waals surface area contributed by atoms with E-state index in [0.29, 0.717) is 24.9 Å². The molecule has 5 heteroatoms. The van der Waals surface area contributed by atoms with Gasteiger partial charge in [-0.25, -0.2) is 8.42 Å². The van der Waals surface area contributed by atoms with Crippen LogP contribution >= 0.6 is 0 Å². The van der Waals surface area contributed by atoms with Crippen LogP contribution in [0.15, 0.2) is 47.4 Å². The summed E-state index contributed by atoms with van der Waals surface area (Å²) in [5, 5.41) is 12.6. The monoisotopic (exact) mass is 317 g/mol. The molecule has 22 heavy (non-hydrogen) atoms. The molecule has 0 saturated heterocycles. The molecule has 4 nitrogen and oxygen atoms in total. The normalized spacial score (nSPS) is 18.1. The summed E-state index contributed by atoms with van der Waals surface area (Å²) in [5.41, 5.74) is 2.70. The molecule has 0 bridgehead atoms. The van der Waals surface area contributed by atoms with E-state index in [4.69, 9.17) is 0 Å². The molecule has 0 radical (unpaired) electrons. The van der Waals surface area contributed by atoms with Gasteiger partial charge in [-0.3, -0.25) is 0 Å². The maximum Gasteiger partial charge on any atom is 0.181 e. The van der Waals surface area contributed by atoms with Crippen molar-refractivity contribution in [2.24, 2.45) is 0 Å². The van der Waals surface area contributed by atoms with Crippen LogP contribution in [0.5, 0.6) is 5.75 Å². The first-order valence-electron chi connectivity index (χ1n) is 7.34. The lowest BCUT2D eigenvalue weighted by molar-refractivity contribution is 0.468. The van der Waals surface area contributed by atoms with Crippen LogP contribution in [-0.2, 0) is 16.3 Å². The van der Waals surface area contributed by atoms with E-state index < -0.39 is 15.1 Å². The summed E-state index contributed by atoms with van der Waals surface area (Å²) in [5.74, 6) is 0.0215. The molecule has 0 spiro atoms. The molecule has 0 aliphatic carbocycles. The molecule has 0 amide bonds. The van der Waals surface area contributed by atoms with Gasteiger partial charge < -0.3 is 10.4 Å². The predicted octanol–water partition coefficient (Wildman–Crippen LogP) is 2.90. The zero-order valence-corrected chi connectivity index (χ0v) is 13.2. The van der Waals surface area contributed by atoms with Crippen LogP contribution < -0.4 is 5.32 Å². The molecule has 0 fully saturated rings. The van der Waals surface area contributed by atoms with E-state index in [0.717, 1.165) is 11.3 Å². The molecule has 1 unspecified atom stereocenters. The molecule has 2 aromatic carbocycles. The van der Waals surface area contributed by atoms with E-state index in [1.165, 1.54) is 6.07 Å². The first-order chi connectivity index (χ1) is 10.5. The van der Waals surface area contributed by atoms with Gasteiger partial charge in [-0.15, -0.1) is 0 Å². The minimum atomic E-state index is -3.47. The highest BCUT2D eigenvalue weighted by Gasteiger charge is 2.30. The van der Waals surface area contributed by atoms with Gasteiger partial charge in [0.2, 0.25) is 0 Å². The second kappa shape index (κ2) is 5.65. The zero-order chi connectivity index (χ0) is 15.7. The van der Waals surface area contributed by atoms with Crippen molar-refractivity contribution in [3.63, 3.8) is 0 Å². The Balaban J connectivity index is 1.97. The first kappa shape index (κ1) is 14.9. The van der Waals surface area contributed by atoms with Gasteiger partial charge in [0.1, 0.15) is 5.75 Å². The van der Waals surface area contributed by atoms with E-state index in [2.05, 4.69) is 5.32 Å². The quantitative estimate of drug-likeness (QED) is 0.894. The lowest BCUT2D eigenvalue weighted by Crippen LogP contribution is -2.24. The number of hydrogen-bond acceptors (Lipinski definition) is 4. The number of aromatic hydroxyl groups is 1. The van der Waals surface area contributed by atoms with Crippen molar-refractivity contribution >= 4 is 15.5 Å². The summed E-state index contributed by atoms with van der Waals surface area (Å²) in [6, 6.07) is 12.4. The molecule has 1 aliphatic heterocycles. The summed E-state index contributed by atoms with van der Waals surface area (Å²) >= 11 is 0. The molecule has 0 saturated carbocycles. The number of phenolic OH excluding ortho intramolecular Hbond substituents is 1. The summed E-state index contributed by atoms with van der Waals surface area (Å²) in [6.45, 7) is 2.37. The number of hydrogen-bond donors (Lipinski definition) is 2.